The molecule has 2 rings (SSSR count). The van der Waals surface area contributed by atoms with Crippen molar-refractivity contribution in [3.8, 4) is 0 Å². The van der Waals surface area contributed by atoms with Crippen LogP contribution in [0.1, 0.15) is 59.6 Å². The molecule has 0 bridgehead atoms. The number of carbonyl (C=O) groups is 1. The molecular formula is C19H32N4O4. The predicted octanol–water partition coefficient (Wildman–Crippen LogP) is 4.03. The van der Waals surface area contributed by atoms with E-state index in [0.717, 1.165) is 19.3 Å². The minimum atomic E-state index is -0.493. The lowest BCUT2D eigenvalue weighted by Gasteiger charge is -2.33. The van der Waals surface area contributed by atoms with Crippen molar-refractivity contribution in [2.75, 3.05) is 13.1 Å². The summed E-state index contributed by atoms with van der Waals surface area (Å²) in [6.45, 7) is 11.7. The number of aromatic nitrogens is 2. The Hall–Kier alpha value is -2.12. The van der Waals surface area contributed by atoms with Gasteiger partial charge in [0.2, 0.25) is 0 Å². The van der Waals surface area contributed by atoms with Crippen molar-refractivity contribution in [3.05, 3.63) is 22.0 Å². The second-order valence-corrected chi connectivity index (χ2v) is 8.76. The van der Waals surface area contributed by atoms with E-state index >= 15 is 0 Å². The van der Waals surface area contributed by atoms with E-state index in [1.165, 1.54) is 6.20 Å². The van der Waals surface area contributed by atoms with E-state index in [-0.39, 0.29) is 16.7 Å². The highest BCUT2D eigenvalue weighted by atomic mass is 16.6. The van der Waals surface area contributed by atoms with Gasteiger partial charge >= 0.3 is 11.8 Å². The zero-order valence-electron chi connectivity index (χ0n) is 17.1. The monoisotopic (exact) mass is 380 g/mol. The number of hydrogen-bond donors (Lipinski definition) is 0. The normalized spacial score (nSPS) is 16.0. The second-order valence-electron chi connectivity index (χ2n) is 8.76. The Labute approximate surface area is 161 Å². The van der Waals surface area contributed by atoms with Gasteiger partial charge < -0.3 is 9.64 Å². The summed E-state index contributed by atoms with van der Waals surface area (Å²) in [5.41, 5.74) is 0.331. The van der Waals surface area contributed by atoms with Crippen molar-refractivity contribution >= 4 is 11.8 Å². The Morgan fingerprint density at radius 1 is 1.37 bits per heavy atom. The third-order valence-corrected chi connectivity index (χ3v) is 4.78. The molecule has 8 nitrogen and oxygen atoms in total. The lowest BCUT2D eigenvalue weighted by molar-refractivity contribution is -0.385. The zero-order valence-corrected chi connectivity index (χ0v) is 17.1. The summed E-state index contributed by atoms with van der Waals surface area (Å²) < 4.78 is 7.23. The van der Waals surface area contributed by atoms with E-state index in [4.69, 9.17) is 4.74 Å². The number of carbonyl (C=O) groups excluding carboxylic acids is 1. The minimum absolute atomic E-state index is 0.113. The van der Waals surface area contributed by atoms with Crippen molar-refractivity contribution in [3.63, 3.8) is 0 Å². The number of hydrogen-bond acceptors (Lipinski definition) is 5. The van der Waals surface area contributed by atoms with Gasteiger partial charge in [-0.1, -0.05) is 13.8 Å². The maximum atomic E-state index is 12.2. The fourth-order valence-electron chi connectivity index (χ4n) is 3.26. The van der Waals surface area contributed by atoms with Gasteiger partial charge in [0.15, 0.2) is 0 Å². The van der Waals surface area contributed by atoms with E-state index < -0.39 is 5.60 Å². The van der Waals surface area contributed by atoms with Gasteiger partial charge in [-0.3, -0.25) is 14.8 Å². The van der Waals surface area contributed by atoms with Crippen LogP contribution in [0.15, 0.2) is 6.20 Å². The number of amides is 1. The molecule has 0 atom stereocenters. The quantitative estimate of drug-likeness (QED) is 0.549. The highest BCUT2D eigenvalue weighted by Gasteiger charge is 2.28. The topological polar surface area (TPSA) is 90.5 Å². The molecule has 1 amide bonds. The Balaban J connectivity index is 1.97. The van der Waals surface area contributed by atoms with Crippen molar-refractivity contribution in [1.29, 1.82) is 0 Å². The highest BCUT2D eigenvalue weighted by molar-refractivity contribution is 5.68. The van der Waals surface area contributed by atoms with Crippen LogP contribution in [0, 0.1) is 22.0 Å². The summed E-state index contributed by atoms with van der Waals surface area (Å²) in [5.74, 6) is 0.825. The number of nitro groups is 1. The molecule has 1 fully saturated rings. The molecule has 0 saturated carbocycles. The lowest BCUT2D eigenvalue weighted by Crippen LogP contribution is -2.42. The average molecular weight is 380 g/mol. The predicted molar refractivity (Wildman–Crippen MR) is 103 cm³/mol. The molecular weight excluding hydrogens is 348 g/mol. The molecule has 1 saturated heterocycles. The van der Waals surface area contributed by atoms with Gasteiger partial charge in [-0.25, -0.2) is 4.79 Å². The maximum Gasteiger partial charge on any atom is 0.410 e. The molecule has 0 aromatic carbocycles. The Morgan fingerprint density at radius 2 is 2.00 bits per heavy atom. The van der Waals surface area contributed by atoms with Crippen LogP contribution >= 0.6 is 0 Å². The lowest BCUT2D eigenvalue weighted by atomic mass is 9.97. The van der Waals surface area contributed by atoms with E-state index in [2.05, 4.69) is 18.9 Å². The van der Waals surface area contributed by atoms with Gasteiger partial charge in [0.05, 0.1) is 4.92 Å². The van der Waals surface area contributed by atoms with Gasteiger partial charge in [0.1, 0.15) is 17.5 Å². The Kier molecular flexibility index (Phi) is 6.84. The third-order valence-electron chi connectivity index (χ3n) is 4.78. The van der Waals surface area contributed by atoms with E-state index in [9.17, 15) is 14.9 Å². The standard InChI is InChI=1S/C19H32N4O4/c1-14(2)6-7-16-17(23(25)26)12-20-22(16)13-15-8-10-21(11-9-15)18(24)27-19(3,4)5/h12,14-15H,6-11,13H2,1-5H3. The summed E-state index contributed by atoms with van der Waals surface area (Å²) in [4.78, 5) is 24.9. The van der Waals surface area contributed by atoms with Crippen molar-refractivity contribution in [1.82, 2.24) is 14.7 Å². The first-order chi connectivity index (χ1) is 12.6. The van der Waals surface area contributed by atoms with Crippen LogP contribution in [0.2, 0.25) is 0 Å². The number of ether oxygens (including phenoxy) is 1. The summed E-state index contributed by atoms with van der Waals surface area (Å²) in [6, 6.07) is 0. The van der Waals surface area contributed by atoms with Crippen molar-refractivity contribution in [2.45, 2.75) is 72.4 Å². The molecule has 0 radical (unpaired) electrons. The largest absolute Gasteiger partial charge is 0.444 e. The van der Waals surface area contributed by atoms with E-state index in [1.54, 1.807) is 9.58 Å². The molecule has 1 aliphatic rings. The van der Waals surface area contributed by atoms with Crippen LogP contribution in [-0.2, 0) is 17.7 Å². The van der Waals surface area contributed by atoms with Gasteiger partial charge in [-0.15, -0.1) is 0 Å². The van der Waals surface area contributed by atoms with Crippen LogP contribution in [0.4, 0.5) is 10.5 Å². The summed E-state index contributed by atoms with van der Waals surface area (Å²) in [7, 11) is 0. The smallest absolute Gasteiger partial charge is 0.410 e. The van der Waals surface area contributed by atoms with Crippen LogP contribution in [0.25, 0.3) is 0 Å². The number of likely N-dealkylation sites (tertiary alicyclic amines) is 1. The van der Waals surface area contributed by atoms with Gasteiger partial charge in [0, 0.05) is 19.6 Å². The maximum absolute atomic E-state index is 12.2. The molecule has 8 heteroatoms. The molecule has 0 unspecified atom stereocenters. The zero-order chi connectivity index (χ0) is 20.2. The van der Waals surface area contributed by atoms with Gasteiger partial charge in [-0.05, 0) is 58.3 Å². The molecule has 1 aliphatic heterocycles. The summed E-state index contributed by atoms with van der Waals surface area (Å²) in [6.07, 6.45) is 4.33. The van der Waals surface area contributed by atoms with Crippen LogP contribution in [-0.4, -0.2) is 44.4 Å². The number of nitrogens with zero attached hydrogens (tertiary/aromatic N) is 4. The number of piperidine rings is 1. The Morgan fingerprint density at radius 3 is 2.52 bits per heavy atom. The molecule has 0 spiro atoms. The summed E-state index contributed by atoms with van der Waals surface area (Å²) in [5, 5.41) is 15.6. The minimum Gasteiger partial charge on any atom is -0.444 e. The first-order valence-corrected chi connectivity index (χ1v) is 9.74. The highest BCUT2D eigenvalue weighted by Crippen LogP contribution is 2.25. The van der Waals surface area contributed by atoms with Crippen molar-refractivity contribution < 1.29 is 14.5 Å². The van der Waals surface area contributed by atoms with Crippen LogP contribution in [0.5, 0.6) is 0 Å². The Bertz CT molecular complexity index is 655. The van der Waals surface area contributed by atoms with E-state index in [1.807, 2.05) is 20.8 Å². The molecule has 0 N–H and O–H groups in total. The van der Waals surface area contributed by atoms with Crippen LogP contribution in [0.3, 0.4) is 0 Å². The first-order valence-electron chi connectivity index (χ1n) is 9.74. The fourth-order valence-corrected chi connectivity index (χ4v) is 3.26. The molecule has 2 heterocycles. The number of rotatable bonds is 6. The molecule has 27 heavy (non-hydrogen) atoms. The van der Waals surface area contributed by atoms with Crippen LogP contribution < -0.4 is 0 Å². The summed E-state index contributed by atoms with van der Waals surface area (Å²) >= 11 is 0. The van der Waals surface area contributed by atoms with Gasteiger partial charge in [0.25, 0.3) is 0 Å². The van der Waals surface area contributed by atoms with Gasteiger partial charge in [-0.2, -0.15) is 5.10 Å². The SMILES string of the molecule is CC(C)CCc1c([N+](=O)[O-])cnn1CC1CCN(C(=O)OC(C)(C)C)CC1. The van der Waals surface area contributed by atoms with Crippen molar-refractivity contribution in [2.24, 2.45) is 11.8 Å². The molecule has 1 aromatic rings. The molecule has 152 valence electrons. The average Bonchev–Trinajstić information content (AvgIpc) is 2.94. The molecule has 0 aliphatic carbocycles. The van der Waals surface area contributed by atoms with E-state index in [0.29, 0.717) is 43.6 Å². The molecule has 1 aromatic heterocycles. The second kappa shape index (κ2) is 8.71. The third kappa shape index (κ3) is 6.22. The fraction of sp³-hybridized carbons (Fsp3) is 0.789. The first kappa shape index (κ1) is 21.2.